The highest BCUT2D eigenvalue weighted by Gasteiger charge is 2.45. The van der Waals surface area contributed by atoms with Crippen LogP contribution in [-0.2, 0) is 0 Å². The van der Waals surface area contributed by atoms with Crippen LogP contribution in [0.3, 0.4) is 0 Å². The maximum absolute atomic E-state index is 4.04. The van der Waals surface area contributed by atoms with E-state index < -0.39 is 28.1 Å². The number of nitrogens with zero attached hydrogens (tertiary/aromatic N) is 1. The molecule has 0 atom stereocenters. The number of hydrogen-bond acceptors (Lipinski definition) is 3. The molecule has 3 aromatic rings. The SMILES string of the molecule is c1ccc(N2[SiH2]N[SiH2]N[Si]2(c2ccccc2)c2ccccc2)cc1. The van der Waals surface area contributed by atoms with Crippen molar-refractivity contribution in [2.24, 2.45) is 0 Å². The van der Waals surface area contributed by atoms with E-state index >= 15 is 0 Å². The molecule has 1 aliphatic heterocycles. The lowest BCUT2D eigenvalue weighted by atomic mass is 10.3. The Morgan fingerprint density at radius 1 is 0.667 bits per heavy atom. The predicted molar refractivity (Wildman–Crippen MR) is 110 cm³/mol. The molecule has 0 bridgehead atoms. The van der Waals surface area contributed by atoms with Gasteiger partial charge in [-0.1, -0.05) is 78.9 Å². The van der Waals surface area contributed by atoms with E-state index in [1.807, 2.05) is 0 Å². The fourth-order valence-electron chi connectivity index (χ4n) is 3.51. The quantitative estimate of drug-likeness (QED) is 0.639. The summed E-state index contributed by atoms with van der Waals surface area (Å²) in [6.07, 6.45) is 0. The van der Waals surface area contributed by atoms with Gasteiger partial charge in [0.1, 0.15) is 0 Å². The van der Waals surface area contributed by atoms with Crippen molar-refractivity contribution in [1.82, 2.24) is 9.30 Å². The molecular weight excluding hydrogens is 342 g/mol. The minimum absolute atomic E-state index is 0.438. The third kappa shape index (κ3) is 2.68. The van der Waals surface area contributed by atoms with E-state index in [0.29, 0.717) is 0 Å². The molecule has 1 heterocycles. The van der Waals surface area contributed by atoms with Crippen molar-refractivity contribution in [3.8, 4) is 0 Å². The molecule has 1 aliphatic rings. The Hall–Kier alpha value is -1.97. The summed E-state index contributed by atoms with van der Waals surface area (Å²) >= 11 is 0. The van der Waals surface area contributed by atoms with Gasteiger partial charge in [-0.05, 0) is 22.5 Å². The standard InChI is InChI=1S/C18H21N3Si3/c1-4-10-16(11-5-1)21-23-19-22-20-24(21,17-12-6-2-7-13-17)18-14-8-3-9-15-18/h1-15,19-20H,22-23H2. The van der Waals surface area contributed by atoms with Crippen molar-refractivity contribution in [2.45, 2.75) is 0 Å². The van der Waals surface area contributed by atoms with Crippen LogP contribution in [0, 0.1) is 0 Å². The van der Waals surface area contributed by atoms with Crippen LogP contribution in [0.5, 0.6) is 0 Å². The van der Waals surface area contributed by atoms with Crippen molar-refractivity contribution in [3.63, 3.8) is 0 Å². The summed E-state index contributed by atoms with van der Waals surface area (Å²) in [7, 11) is -3.12. The normalized spacial score (nSPS) is 18.8. The van der Waals surface area contributed by atoms with Crippen molar-refractivity contribution >= 4 is 44.1 Å². The molecule has 0 spiro atoms. The van der Waals surface area contributed by atoms with Gasteiger partial charge in [-0.3, -0.25) is 0 Å². The van der Waals surface area contributed by atoms with Crippen molar-refractivity contribution in [1.29, 1.82) is 0 Å². The molecule has 3 nitrogen and oxygen atoms in total. The Bertz CT molecular complexity index is 745. The van der Waals surface area contributed by atoms with Gasteiger partial charge in [0.15, 0.2) is 19.7 Å². The highest BCUT2D eigenvalue weighted by atomic mass is 28.4. The van der Waals surface area contributed by atoms with Crippen LogP contribution in [0.1, 0.15) is 0 Å². The molecule has 4 rings (SSSR count). The first-order valence-corrected chi connectivity index (χ1v) is 13.0. The minimum atomic E-state index is -2.16. The van der Waals surface area contributed by atoms with Crippen LogP contribution < -0.4 is 23.9 Å². The van der Waals surface area contributed by atoms with Crippen molar-refractivity contribution < 1.29 is 0 Å². The summed E-state index contributed by atoms with van der Waals surface area (Å²) in [4.78, 5) is 0. The Morgan fingerprint density at radius 3 is 1.71 bits per heavy atom. The molecule has 120 valence electrons. The topological polar surface area (TPSA) is 27.3 Å². The highest BCUT2D eigenvalue weighted by Crippen LogP contribution is 2.19. The van der Waals surface area contributed by atoms with Gasteiger partial charge in [0, 0.05) is 5.69 Å². The average molecular weight is 364 g/mol. The van der Waals surface area contributed by atoms with Crippen LogP contribution >= 0.6 is 0 Å². The summed E-state index contributed by atoms with van der Waals surface area (Å²) < 4.78 is 10.5. The fraction of sp³-hybridized carbons (Fsp3) is 0. The molecule has 6 heteroatoms. The predicted octanol–water partition coefficient (Wildman–Crippen LogP) is -0.0600. The summed E-state index contributed by atoms with van der Waals surface area (Å²) in [5.41, 5.74) is 1.33. The first-order chi connectivity index (χ1) is 11.9. The van der Waals surface area contributed by atoms with E-state index in [9.17, 15) is 0 Å². The summed E-state index contributed by atoms with van der Waals surface area (Å²) in [5.74, 6) is 0. The number of nitrogens with one attached hydrogen (secondary N) is 2. The van der Waals surface area contributed by atoms with Crippen LogP contribution in [0.15, 0.2) is 91.0 Å². The van der Waals surface area contributed by atoms with Gasteiger partial charge in [0.2, 0.25) is 0 Å². The van der Waals surface area contributed by atoms with Crippen LogP contribution in [0.4, 0.5) is 5.69 Å². The maximum atomic E-state index is 4.04. The first-order valence-electron chi connectivity index (χ1n) is 8.31. The molecule has 0 aromatic heterocycles. The van der Waals surface area contributed by atoms with E-state index in [2.05, 4.69) is 105 Å². The molecular formula is C18H21N3Si3. The number of benzene rings is 3. The Morgan fingerprint density at radius 2 is 1.17 bits per heavy atom. The summed E-state index contributed by atoms with van der Waals surface area (Å²) in [5, 5.41) is 2.89. The lowest BCUT2D eigenvalue weighted by Crippen LogP contribution is -2.85. The second kappa shape index (κ2) is 6.88. The van der Waals surface area contributed by atoms with Crippen LogP contribution in [-0.4, -0.2) is 28.1 Å². The summed E-state index contributed by atoms with van der Waals surface area (Å²) in [6, 6.07) is 33.0. The Labute approximate surface area is 148 Å². The third-order valence-electron chi connectivity index (χ3n) is 4.60. The molecule has 1 saturated heterocycles. The van der Waals surface area contributed by atoms with Gasteiger partial charge >= 0.3 is 0 Å². The van der Waals surface area contributed by atoms with E-state index in [1.165, 1.54) is 16.1 Å². The van der Waals surface area contributed by atoms with E-state index in [0.717, 1.165) is 0 Å². The highest BCUT2D eigenvalue weighted by molar-refractivity contribution is 7.11. The van der Waals surface area contributed by atoms with E-state index in [1.54, 1.807) is 0 Å². The van der Waals surface area contributed by atoms with E-state index in [-0.39, 0.29) is 0 Å². The lowest BCUT2D eigenvalue weighted by Gasteiger charge is -2.48. The zero-order chi connectivity index (χ0) is 16.2. The molecule has 1 fully saturated rings. The molecule has 0 radical (unpaired) electrons. The number of para-hydroxylation sites is 1. The minimum Gasteiger partial charge on any atom is -0.399 e. The smallest absolute Gasteiger partial charge is 0.285 e. The second-order valence-corrected chi connectivity index (χ2v) is 14.4. The first kappa shape index (κ1) is 15.6. The molecule has 2 N–H and O–H groups in total. The van der Waals surface area contributed by atoms with Crippen molar-refractivity contribution in [2.75, 3.05) is 4.23 Å². The van der Waals surface area contributed by atoms with Gasteiger partial charge in [0.05, 0.1) is 0 Å². The van der Waals surface area contributed by atoms with Crippen LogP contribution in [0.25, 0.3) is 0 Å². The Balaban J connectivity index is 1.94. The fourth-order valence-corrected chi connectivity index (χ4v) is 17.2. The zero-order valence-corrected chi connectivity index (χ0v) is 17.4. The number of anilines is 1. The van der Waals surface area contributed by atoms with Gasteiger partial charge in [-0.25, -0.2) is 0 Å². The molecule has 0 unspecified atom stereocenters. The average Bonchev–Trinajstić information content (AvgIpc) is 2.70. The zero-order valence-electron chi connectivity index (χ0n) is 13.5. The number of hydrogen-bond donors (Lipinski definition) is 2. The van der Waals surface area contributed by atoms with Gasteiger partial charge < -0.3 is 13.5 Å². The third-order valence-corrected chi connectivity index (χ3v) is 15.2. The van der Waals surface area contributed by atoms with Gasteiger partial charge in [-0.15, -0.1) is 0 Å². The molecule has 24 heavy (non-hydrogen) atoms. The maximum Gasteiger partial charge on any atom is 0.285 e. The molecule has 0 saturated carbocycles. The monoisotopic (exact) mass is 363 g/mol. The van der Waals surface area contributed by atoms with E-state index in [4.69, 9.17) is 0 Å². The second-order valence-electron chi connectivity index (χ2n) is 5.97. The van der Waals surface area contributed by atoms with Crippen LogP contribution in [0.2, 0.25) is 0 Å². The molecule has 0 aliphatic carbocycles. The Kier molecular flexibility index (Phi) is 4.46. The lowest BCUT2D eigenvalue weighted by molar-refractivity contribution is 1.25. The number of rotatable bonds is 3. The molecule has 0 amide bonds. The van der Waals surface area contributed by atoms with Gasteiger partial charge in [-0.2, -0.15) is 0 Å². The molecule has 3 aromatic carbocycles. The summed E-state index contributed by atoms with van der Waals surface area (Å²) in [6.45, 7) is 0. The van der Waals surface area contributed by atoms with Gasteiger partial charge in [0.25, 0.3) is 8.40 Å². The largest absolute Gasteiger partial charge is 0.399 e. The van der Waals surface area contributed by atoms with Crippen molar-refractivity contribution in [3.05, 3.63) is 91.0 Å².